The average molecular weight is 298 g/mol. The molecule has 0 unspecified atom stereocenters. The second-order valence-electron chi connectivity index (χ2n) is 5.94. The fraction of sp³-hybridized carbons (Fsp3) is 0.500. The van der Waals surface area contributed by atoms with Crippen LogP contribution in [0.2, 0.25) is 0 Å². The summed E-state index contributed by atoms with van der Waals surface area (Å²) in [6, 6.07) is 2.05. The van der Waals surface area contributed by atoms with Crippen molar-refractivity contribution in [3.63, 3.8) is 0 Å². The van der Waals surface area contributed by atoms with Crippen molar-refractivity contribution in [2.45, 2.75) is 25.7 Å². The third-order valence-electron chi connectivity index (χ3n) is 4.12. The first kappa shape index (κ1) is 14.7. The molecule has 1 aliphatic rings. The van der Waals surface area contributed by atoms with Crippen molar-refractivity contribution in [2.75, 3.05) is 37.0 Å². The van der Waals surface area contributed by atoms with Gasteiger partial charge in [0.05, 0.1) is 5.69 Å². The molecule has 0 N–H and O–H groups in total. The van der Waals surface area contributed by atoms with E-state index in [4.69, 9.17) is 0 Å². The SMILES string of the molecule is Cc1cc(N2CCC(c3nccnc3N(C)C)CC2)ncn1. The Labute approximate surface area is 131 Å². The van der Waals surface area contributed by atoms with Gasteiger partial charge < -0.3 is 9.80 Å². The Morgan fingerprint density at radius 1 is 1.05 bits per heavy atom. The van der Waals surface area contributed by atoms with Crippen molar-refractivity contribution in [1.82, 2.24) is 19.9 Å². The lowest BCUT2D eigenvalue weighted by Gasteiger charge is -2.33. The summed E-state index contributed by atoms with van der Waals surface area (Å²) in [5.41, 5.74) is 2.13. The highest BCUT2D eigenvalue weighted by Crippen LogP contribution is 2.32. The number of nitrogens with zero attached hydrogens (tertiary/aromatic N) is 6. The zero-order valence-corrected chi connectivity index (χ0v) is 13.4. The normalized spacial score (nSPS) is 15.9. The van der Waals surface area contributed by atoms with Gasteiger partial charge >= 0.3 is 0 Å². The van der Waals surface area contributed by atoms with E-state index in [9.17, 15) is 0 Å². The third-order valence-corrected chi connectivity index (χ3v) is 4.12. The number of rotatable bonds is 3. The molecule has 0 aromatic carbocycles. The molecule has 0 radical (unpaired) electrons. The number of piperidine rings is 1. The summed E-state index contributed by atoms with van der Waals surface area (Å²) in [5, 5.41) is 0. The second kappa shape index (κ2) is 6.25. The molecule has 2 aromatic rings. The van der Waals surface area contributed by atoms with Crippen LogP contribution in [-0.2, 0) is 0 Å². The molecule has 1 aliphatic heterocycles. The molecule has 0 atom stereocenters. The van der Waals surface area contributed by atoms with Gasteiger partial charge in [-0.1, -0.05) is 0 Å². The van der Waals surface area contributed by atoms with Crippen molar-refractivity contribution in [3.8, 4) is 0 Å². The highest BCUT2D eigenvalue weighted by molar-refractivity contribution is 5.45. The molecule has 0 aliphatic carbocycles. The lowest BCUT2D eigenvalue weighted by molar-refractivity contribution is 0.492. The van der Waals surface area contributed by atoms with E-state index in [1.807, 2.05) is 32.0 Å². The van der Waals surface area contributed by atoms with Gasteiger partial charge in [-0.2, -0.15) is 0 Å². The highest BCUT2D eigenvalue weighted by Gasteiger charge is 2.25. The van der Waals surface area contributed by atoms with Crippen LogP contribution in [0.5, 0.6) is 0 Å². The van der Waals surface area contributed by atoms with Crippen molar-refractivity contribution < 1.29 is 0 Å². The number of aromatic nitrogens is 4. The maximum absolute atomic E-state index is 4.59. The molecule has 116 valence electrons. The third kappa shape index (κ3) is 3.00. The van der Waals surface area contributed by atoms with E-state index < -0.39 is 0 Å². The first-order chi connectivity index (χ1) is 10.6. The van der Waals surface area contributed by atoms with E-state index in [-0.39, 0.29) is 0 Å². The summed E-state index contributed by atoms with van der Waals surface area (Å²) in [7, 11) is 4.04. The van der Waals surface area contributed by atoms with Gasteiger partial charge in [0, 0.05) is 57.3 Å². The summed E-state index contributed by atoms with van der Waals surface area (Å²) in [5.74, 6) is 2.47. The van der Waals surface area contributed by atoms with Crippen molar-refractivity contribution in [2.24, 2.45) is 0 Å². The molecule has 0 spiro atoms. The predicted octanol–water partition coefficient (Wildman–Crippen LogP) is 2.03. The quantitative estimate of drug-likeness (QED) is 0.864. The molecule has 1 fully saturated rings. The average Bonchev–Trinajstić information content (AvgIpc) is 2.55. The van der Waals surface area contributed by atoms with Crippen LogP contribution in [-0.4, -0.2) is 47.1 Å². The van der Waals surface area contributed by atoms with Gasteiger partial charge in [0.1, 0.15) is 18.0 Å². The van der Waals surface area contributed by atoms with Gasteiger partial charge in [-0.25, -0.2) is 15.0 Å². The molecule has 6 nitrogen and oxygen atoms in total. The van der Waals surface area contributed by atoms with Crippen LogP contribution < -0.4 is 9.80 Å². The van der Waals surface area contributed by atoms with Gasteiger partial charge in [-0.3, -0.25) is 4.98 Å². The van der Waals surface area contributed by atoms with Crippen LogP contribution in [0.3, 0.4) is 0 Å². The standard InChI is InChI=1S/C16H22N6/c1-12-10-14(20-11-19-12)22-8-4-13(5-9-22)15-16(21(2)3)18-7-6-17-15/h6-7,10-11,13H,4-5,8-9H2,1-3H3. The van der Waals surface area contributed by atoms with Crippen LogP contribution in [0.15, 0.2) is 24.8 Å². The summed E-state index contributed by atoms with van der Waals surface area (Å²) < 4.78 is 0. The fourth-order valence-electron chi connectivity index (χ4n) is 2.97. The molecule has 3 heterocycles. The van der Waals surface area contributed by atoms with Gasteiger partial charge in [-0.05, 0) is 19.8 Å². The monoisotopic (exact) mass is 298 g/mol. The summed E-state index contributed by atoms with van der Waals surface area (Å²) in [4.78, 5) is 22.0. The Morgan fingerprint density at radius 3 is 2.45 bits per heavy atom. The maximum Gasteiger partial charge on any atom is 0.150 e. The highest BCUT2D eigenvalue weighted by atomic mass is 15.2. The molecule has 2 aromatic heterocycles. The molecule has 0 amide bonds. The van der Waals surface area contributed by atoms with Crippen molar-refractivity contribution in [1.29, 1.82) is 0 Å². The van der Waals surface area contributed by atoms with E-state index in [2.05, 4.69) is 24.8 Å². The number of anilines is 2. The van der Waals surface area contributed by atoms with E-state index in [1.165, 1.54) is 0 Å². The van der Waals surface area contributed by atoms with Crippen LogP contribution in [0.4, 0.5) is 11.6 Å². The Morgan fingerprint density at radius 2 is 1.77 bits per heavy atom. The number of hydrogen-bond donors (Lipinski definition) is 0. The number of hydrogen-bond acceptors (Lipinski definition) is 6. The molecular weight excluding hydrogens is 276 g/mol. The zero-order chi connectivity index (χ0) is 15.5. The molecule has 1 saturated heterocycles. The van der Waals surface area contributed by atoms with Gasteiger partial charge in [0.25, 0.3) is 0 Å². The maximum atomic E-state index is 4.59. The van der Waals surface area contributed by atoms with E-state index >= 15 is 0 Å². The Hall–Kier alpha value is -2.24. The molecule has 3 rings (SSSR count). The lowest BCUT2D eigenvalue weighted by Crippen LogP contribution is -2.34. The van der Waals surface area contributed by atoms with Gasteiger partial charge in [-0.15, -0.1) is 0 Å². The predicted molar refractivity (Wildman–Crippen MR) is 87.3 cm³/mol. The van der Waals surface area contributed by atoms with Crippen LogP contribution >= 0.6 is 0 Å². The lowest BCUT2D eigenvalue weighted by atomic mass is 9.93. The van der Waals surface area contributed by atoms with E-state index in [0.717, 1.165) is 49.0 Å². The number of aryl methyl sites for hydroxylation is 1. The minimum atomic E-state index is 0.463. The smallest absolute Gasteiger partial charge is 0.150 e. The van der Waals surface area contributed by atoms with Crippen molar-refractivity contribution in [3.05, 3.63) is 36.2 Å². The Bertz CT molecular complexity index is 634. The first-order valence-corrected chi connectivity index (χ1v) is 7.67. The Kier molecular flexibility index (Phi) is 4.18. The van der Waals surface area contributed by atoms with Crippen LogP contribution in [0.25, 0.3) is 0 Å². The molecule has 6 heteroatoms. The van der Waals surface area contributed by atoms with Gasteiger partial charge in [0.15, 0.2) is 0 Å². The Balaban J connectivity index is 1.72. The van der Waals surface area contributed by atoms with Crippen LogP contribution in [0, 0.1) is 6.92 Å². The molecule has 0 saturated carbocycles. The minimum absolute atomic E-state index is 0.463. The summed E-state index contributed by atoms with van der Waals surface area (Å²) in [6.07, 6.45) is 7.34. The van der Waals surface area contributed by atoms with Crippen molar-refractivity contribution >= 4 is 11.6 Å². The fourth-order valence-corrected chi connectivity index (χ4v) is 2.97. The van der Waals surface area contributed by atoms with Crippen LogP contribution in [0.1, 0.15) is 30.1 Å². The first-order valence-electron chi connectivity index (χ1n) is 7.67. The van der Waals surface area contributed by atoms with Gasteiger partial charge in [0.2, 0.25) is 0 Å². The molecule has 22 heavy (non-hydrogen) atoms. The summed E-state index contributed by atoms with van der Waals surface area (Å²) >= 11 is 0. The summed E-state index contributed by atoms with van der Waals surface area (Å²) in [6.45, 7) is 3.98. The molecule has 0 bridgehead atoms. The second-order valence-corrected chi connectivity index (χ2v) is 5.94. The van der Waals surface area contributed by atoms with E-state index in [1.54, 1.807) is 18.7 Å². The molecular formula is C16H22N6. The topological polar surface area (TPSA) is 58.0 Å². The zero-order valence-electron chi connectivity index (χ0n) is 13.4. The largest absolute Gasteiger partial charge is 0.361 e. The van der Waals surface area contributed by atoms with E-state index in [0.29, 0.717) is 5.92 Å². The minimum Gasteiger partial charge on any atom is -0.361 e.